The van der Waals surface area contributed by atoms with Gasteiger partial charge in [-0.25, -0.2) is 9.78 Å². The van der Waals surface area contributed by atoms with Gasteiger partial charge in [0.25, 0.3) is 11.8 Å². The van der Waals surface area contributed by atoms with E-state index in [9.17, 15) is 19.5 Å². The third-order valence-corrected chi connectivity index (χ3v) is 11.6. The summed E-state index contributed by atoms with van der Waals surface area (Å²) in [6.45, 7) is 0.836. The van der Waals surface area contributed by atoms with Crippen molar-refractivity contribution < 1.29 is 29.0 Å². The maximum Gasteiger partial charge on any atom is 0.357 e. The summed E-state index contributed by atoms with van der Waals surface area (Å²) in [4.78, 5) is 46.8. The fraction of sp³-hybridized carbons (Fsp3) is 0.368. The van der Waals surface area contributed by atoms with E-state index in [2.05, 4.69) is 21.7 Å². The molecule has 2 unspecified atom stereocenters. The minimum absolute atomic E-state index is 0.0621. The van der Waals surface area contributed by atoms with Crippen LogP contribution in [0.4, 0.5) is 5.69 Å². The average molecular weight is 679 g/mol. The molecule has 3 heterocycles. The van der Waals surface area contributed by atoms with E-state index in [1.54, 1.807) is 47.7 Å². The summed E-state index contributed by atoms with van der Waals surface area (Å²) < 4.78 is 11.4. The fourth-order valence-electron chi connectivity index (χ4n) is 8.97. The first kappa shape index (κ1) is 31.7. The van der Waals surface area contributed by atoms with Crippen LogP contribution < -0.4 is 21.1 Å². The lowest BCUT2D eigenvalue weighted by Gasteiger charge is -2.60. The Hall–Kier alpha value is -4.58. The largest absolute Gasteiger partial charge is 0.493 e. The Bertz CT molecular complexity index is 1970. The molecule has 2 aromatic heterocycles. The van der Waals surface area contributed by atoms with E-state index >= 15 is 0 Å². The molecule has 5 N–H and O–H groups in total. The third kappa shape index (κ3) is 5.79. The molecule has 4 fully saturated rings. The summed E-state index contributed by atoms with van der Waals surface area (Å²) in [6, 6.07) is 16.1. The van der Waals surface area contributed by atoms with E-state index in [4.69, 9.17) is 15.2 Å². The second kappa shape index (κ2) is 12.1. The molecule has 49 heavy (non-hydrogen) atoms. The summed E-state index contributed by atoms with van der Waals surface area (Å²) >= 11 is 1.58. The fourth-order valence-corrected chi connectivity index (χ4v) is 9.95. The second-order valence-corrected chi connectivity index (χ2v) is 15.0. The summed E-state index contributed by atoms with van der Waals surface area (Å²) in [5.74, 6) is -0.186. The normalized spacial score (nSPS) is 24.6. The molecule has 11 heteroatoms. The number of nitrogens with one attached hydrogen (secondary N) is 2. The second-order valence-electron chi connectivity index (χ2n) is 14.1. The first-order chi connectivity index (χ1) is 23.6. The van der Waals surface area contributed by atoms with Crippen LogP contribution >= 0.6 is 11.3 Å². The van der Waals surface area contributed by atoms with Crippen molar-refractivity contribution >= 4 is 34.8 Å². The van der Waals surface area contributed by atoms with Crippen molar-refractivity contribution in [2.24, 2.45) is 17.6 Å². The zero-order chi connectivity index (χ0) is 33.9. The van der Waals surface area contributed by atoms with Gasteiger partial charge in [-0.2, -0.15) is 0 Å². The molecule has 10 nitrogen and oxygen atoms in total. The molecule has 0 saturated heterocycles. The highest BCUT2D eigenvalue weighted by Crippen LogP contribution is 2.57. The Labute approximate surface area is 288 Å². The van der Waals surface area contributed by atoms with Crippen LogP contribution in [0.3, 0.4) is 0 Å². The van der Waals surface area contributed by atoms with Gasteiger partial charge in [0, 0.05) is 51.3 Å². The van der Waals surface area contributed by atoms with Gasteiger partial charge in [0.1, 0.15) is 11.4 Å². The van der Waals surface area contributed by atoms with Gasteiger partial charge in [-0.1, -0.05) is 12.1 Å². The zero-order valence-electron chi connectivity index (χ0n) is 27.2. The Morgan fingerprint density at radius 3 is 2.49 bits per heavy atom. The van der Waals surface area contributed by atoms with E-state index in [1.807, 2.05) is 17.5 Å². The van der Waals surface area contributed by atoms with Crippen LogP contribution in [0.2, 0.25) is 0 Å². The number of amides is 2. The molecule has 0 radical (unpaired) electrons. The molecule has 0 spiro atoms. The number of carbonyl (C=O) groups is 3. The quantitative estimate of drug-likeness (QED) is 0.181. The number of aromatic nitrogens is 1. The van der Waals surface area contributed by atoms with Crippen molar-refractivity contribution in [3.05, 3.63) is 88.1 Å². The Balaban J connectivity index is 1.19. The summed E-state index contributed by atoms with van der Waals surface area (Å²) in [5.41, 5.74) is 8.99. The highest BCUT2D eigenvalue weighted by Gasteiger charge is 2.57. The average Bonchev–Trinajstić information content (AvgIpc) is 3.47. The highest BCUT2D eigenvalue weighted by molar-refractivity contribution is 7.13. The number of nitrogens with two attached hydrogens (primary N) is 1. The van der Waals surface area contributed by atoms with Gasteiger partial charge in [0.15, 0.2) is 5.69 Å². The number of ether oxygens (including phenoxy) is 2. The first-order valence-corrected chi connectivity index (χ1v) is 17.7. The lowest BCUT2D eigenvalue weighted by molar-refractivity contribution is -0.139. The summed E-state index contributed by atoms with van der Waals surface area (Å²) in [6.07, 6.45) is 5.56. The molecule has 252 valence electrons. The van der Waals surface area contributed by atoms with Gasteiger partial charge in [-0.05, 0) is 109 Å². The van der Waals surface area contributed by atoms with Crippen molar-refractivity contribution in [2.45, 2.75) is 62.6 Å². The highest BCUT2D eigenvalue weighted by atomic mass is 32.1. The SMILES string of the molecule is COC(=O)c1nc(C(=O)NC23C[C@@H]4C[C@@H](CC(O)(C4)C2)C3)ccc1-c1cc2c(cc1C(=O)Nc1ccc(CN)cc1)-c1sccc1CCO2. The minimum atomic E-state index is -0.744. The molecule has 4 atom stereocenters. The number of hydrogen-bond acceptors (Lipinski definition) is 9. The molecule has 9 rings (SSSR count). The lowest BCUT2D eigenvalue weighted by atomic mass is 9.51. The number of benzene rings is 2. The number of esters is 1. The number of methoxy groups -OCH3 is 1. The molecule has 4 bridgehead atoms. The van der Waals surface area contributed by atoms with E-state index in [0.717, 1.165) is 60.1 Å². The predicted octanol–water partition coefficient (Wildman–Crippen LogP) is 5.72. The Kier molecular flexibility index (Phi) is 7.81. The number of carbonyl (C=O) groups excluding carboxylic acids is 3. The van der Waals surface area contributed by atoms with Crippen molar-refractivity contribution in [1.29, 1.82) is 0 Å². The molecular weight excluding hydrogens is 641 g/mol. The van der Waals surface area contributed by atoms with E-state index in [-0.39, 0.29) is 11.4 Å². The topological polar surface area (TPSA) is 153 Å². The Morgan fingerprint density at radius 2 is 1.78 bits per heavy atom. The monoisotopic (exact) mass is 678 g/mol. The van der Waals surface area contributed by atoms with Crippen LogP contribution in [0, 0.1) is 11.8 Å². The number of nitrogens with zero attached hydrogens (tertiary/aromatic N) is 1. The minimum Gasteiger partial charge on any atom is -0.493 e. The zero-order valence-corrected chi connectivity index (χ0v) is 28.0. The summed E-state index contributed by atoms with van der Waals surface area (Å²) in [7, 11) is 1.26. The molecule has 2 aromatic carbocycles. The standard InChI is InChI=1S/C38H38N4O6S/c1-47-36(45)32-26(6-7-30(41-32)35(44)42-37-15-22-12-23(16-37)18-38(46,17-22)20-37)27-14-31-29(33-24(8-10-48-31)9-11-49-33)13-28(27)34(43)40-25-4-2-21(19-39)3-5-25/h2-7,9,11,13-14,22-23,46H,8,10,12,15-20,39H2,1H3,(H,40,43)(H,42,44)/t22-,23+,37?,38?. The van der Waals surface area contributed by atoms with Crippen molar-refractivity contribution in [1.82, 2.24) is 10.3 Å². The van der Waals surface area contributed by atoms with Crippen LogP contribution in [0.25, 0.3) is 21.6 Å². The van der Waals surface area contributed by atoms with Gasteiger partial charge in [0.2, 0.25) is 0 Å². The summed E-state index contributed by atoms with van der Waals surface area (Å²) in [5, 5.41) is 19.5. The van der Waals surface area contributed by atoms with Crippen LogP contribution in [0.15, 0.2) is 60.0 Å². The molecule has 4 aromatic rings. The van der Waals surface area contributed by atoms with Gasteiger partial charge in [0.05, 0.1) is 19.3 Å². The molecule has 4 saturated carbocycles. The maximum atomic E-state index is 14.1. The van der Waals surface area contributed by atoms with Crippen LogP contribution in [0.1, 0.15) is 81.0 Å². The number of rotatable bonds is 7. The Morgan fingerprint density at radius 1 is 1.00 bits per heavy atom. The van der Waals surface area contributed by atoms with Crippen molar-refractivity contribution in [2.75, 3.05) is 19.0 Å². The smallest absolute Gasteiger partial charge is 0.357 e. The van der Waals surface area contributed by atoms with Crippen molar-refractivity contribution in [3.8, 4) is 27.3 Å². The maximum absolute atomic E-state index is 14.1. The third-order valence-electron chi connectivity index (χ3n) is 10.6. The molecule has 4 aliphatic carbocycles. The molecular formula is C38H38N4O6S. The number of fused-ring (bicyclic) bond motifs is 3. The number of aliphatic hydroxyl groups is 1. The van der Waals surface area contributed by atoms with Crippen LogP contribution in [-0.2, 0) is 17.7 Å². The van der Waals surface area contributed by atoms with Gasteiger partial charge in [-0.3, -0.25) is 9.59 Å². The van der Waals surface area contributed by atoms with Gasteiger partial charge < -0.3 is 30.9 Å². The molecule has 5 aliphatic rings. The van der Waals surface area contributed by atoms with Crippen LogP contribution in [-0.4, -0.2) is 52.7 Å². The molecule has 2 amide bonds. The van der Waals surface area contributed by atoms with E-state index in [1.165, 1.54) is 7.11 Å². The number of anilines is 1. The number of pyridine rings is 1. The van der Waals surface area contributed by atoms with Gasteiger partial charge >= 0.3 is 5.97 Å². The van der Waals surface area contributed by atoms with E-state index in [0.29, 0.717) is 59.5 Å². The van der Waals surface area contributed by atoms with Gasteiger partial charge in [-0.15, -0.1) is 11.3 Å². The first-order valence-electron chi connectivity index (χ1n) is 16.8. The predicted molar refractivity (Wildman–Crippen MR) is 186 cm³/mol. The lowest BCUT2D eigenvalue weighted by Crippen LogP contribution is -2.65. The van der Waals surface area contributed by atoms with Crippen LogP contribution in [0.5, 0.6) is 5.75 Å². The molecule has 1 aliphatic heterocycles. The van der Waals surface area contributed by atoms with Crippen molar-refractivity contribution in [3.63, 3.8) is 0 Å². The number of thiophene rings is 1. The number of hydrogen-bond donors (Lipinski definition) is 4. The van der Waals surface area contributed by atoms with E-state index < -0.39 is 28.9 Å².